The van der Waals surface area contributed by atoms with E-state index in [9.17, 15) is 0 Å². The summed E-state index contributed by atoms with van der Waals surface area (Å²) in [5.74, 6) is 0.922. The van der Waals surface area contributed by atoms with Gasteiger partial charge in [-0.15, -0.1) is 0 Å². The average molecular weight is 296 g/mol. The van der Waals surface area contributed by atoms with Gasteiger partial charge in [-0.25, -0.2) is 0 Å². The molecule has 0 spiro atoms. The Balaban J connectivity index is 1.71. The van der Waals surface area contributed by atoms with Gasteiger partial charge >= 0.3 is 0 Å². The van der Waals surface area contributed by atoms with E-state index in [2.05, 4.69) is 39.4 Å². The minimum atomic E-state index is 0.0749. The molecule has 0 radical (unpaired) electrons. The number of benzene rings is 1. The topological polar surface area (TPSA) is 64.3 Å². The van der Waals surface area contributed by atoms with Gasteiger partial charge in [0.1, 0.15) is 11.9 Å². The molecule has 1 aromatic heterocycles. The smallest absolute Gasteiger partial charge is 0.132 e. The van der Waals surface area contributed by atoms with Gasteiger partial charge in [0.05, 0.1) is 17.6 Å². The molecule has 22 heavy (non-hydrogen) atoms. The molecule has 0 amide bonds. The van der Waals surface area contributed by atoms with Gasteiger partial charge in [-0.2, -0.15) is 10.2 Å². The van der Waals surface area contributed by atoms with Crippen LogP contribution >= 0.6 is 0 Å². The Hall–Kier alpha value is -2.14. The largest absolute Gasteiger partial charge is 0.488 e. The van der Waals surface area contributed by atoms with Crippen LogP contribution < -0.4 is 15.4 Å². The molecular formula is C17H20N4O. The minimum Gasteiger partial charge on any atom is -0.488 e. The highest BCUT2D eigenvalue weighted by Gasteiger charge is 2.25. The van der Waals surface area contributed by atoms with Gasteiger partial charge in [0.15, 0.2) is 0 Å². The normalized spacial score (nSPS) is 20.0. The fourth-order valence-corrected chi connectivity index (χ4v) is 3.31. The molecule has 5 nitrogen and oxygen atoms in total. The predicted molar refractivity (Wildman–Crippen MR) is 86.1 cm³/mol. The number of anilines is 1. The second-order valence-electron chi connectivity index (χ2n) is 5.97. The molecule has 0 saturated carbocycles. The lowest BCUT2D eigenvalue weighted by molar-refractivity contribution is 0.242. The summed E-state index contributed by atoms with van der Waals surface area (Å²) in [6, 6.07) is 8.33. The van der Waals surface area contributed by atoms with E-state index in [-0.39, 0.29) is 6.10 Å². The van der Waals surface area contributed by atoms with E-state index in [1.165, 1.54) is 18.4 Å². The fraction of sp³-hybridized carbons (Fsp3) is 0.412. The summed E-state index contributed by atoms with van der Waals surface area (Å²) in [4.78, 5) is 2.37. The molecule has 5 heteroatoms. The lowest BCUT2D eigenvalue weighted by Crippen LogP contribution is -2.24. The van der Waals surface area contributed by atoms with Crippen molar-refractivity contribution < 1.29 is 4.74 Å². The molecule has 2 aromatic rings. The Bertz CT molecular complexity index is 682. The van der Waals surface area contributed by atoms with Crippen LogP contribution in [0.15, 0.2) is 30.5 Å². The third-order valence-electron chi connectivity index (χ3n) is 4.48. The third-order valence-corrected chi connectivity index (χ3v) is 4.48. The first-order valence-corrected chi connectivity index (χ1v) is 7.92. The maximum absolute atomic E-state index is 6.00. The van der Waals surface area contributed by atoms with Gasteiger partial charge in [0, 0.05) is 31.6 Å². The van der Waals surface area contributed by atoms with Crippen molar-refractivity contribution in [3.05, 3.63) is 36.0 Å². The lowest BCUT2D eigenvalue weighted by atomic mass is 10.0. The number of rotatable bonds is 3. The molecule has 2 aliphatic heterocycles. The van der Waals surface area contributed by atoms with Crippen LogP contribution in [-0.4, -0.2) is 35.9 Å². The maximum atomic E-state index is 6.00. The average Bonchev–Trinajstić information content (AvgIpc) is 3.23. The molecular weight excluding hydrogens is 276 g/mol. The maximum Gasteiger partial charge on any atom is 0.132 e. The van der Waals surface area contributed by atoms with Crippen molar-refractivity contribution in [2.75, 3.05) is 24.5 Å². The number of aromatic nitrogens is 2. The highest BCUT2D eigenvalue weighted by Crippen LogP contribution is 2.38. The summed E-state index contributed by atoms with van der Waals surface area (Å²) in [7, 11) is 0. The molecule has 1 saturated heterocycles. The summed E-state index contributed by atoms with van der Waals surface area (Å²) < 4.78 is 6.00. The van der Waals surface area contributed by atoms with Crippen LogP contribution in [0.2, 0.25) is 0 Å². The zero-order valence-electron chi connectivity index (χ0n) is 12.5. The molecule has 1 unspecified atom stereocenters. The monoisotopic (exact) mass is 296 g/mol. The van der Waals surface area contributed by atoms with E-state index in [1.807, 2.05) is 6.20 Å². The van der Waals surface area contributed by atoms with Crippen molar-refractivity contribution in [2.45, 2.75) is 25.4 Å². The van der Waals surface area contributed by atoms with E-state index < -0.39 is 0 Å². The van der Waals surface area contributed by atoms with E-state index in [1.54, 1.807) is 0 Å². The molecule has 0 bridgehead atoms. The molecule has 4 rings (SSSR count). The molecule has 1 atom stereocenters. The molecule has 3 heterocycles. The Labute approximate surface area is 130 Å². The predicted octanol–water partition coefficient (Wildman–Crippen LogP) is 2.01. The highest BCUT2D eigenvalue weighted by molar-refractivity contribution is 5.72. The first-order valence-electron chi connectivity index (χ1n) is 7.92. The third kappa shape index (κ3) is 2.31. The van der Waals surface area contributed by atoms with E-state index >= 15 is 0 Å². The molecule has 2 aliphatic rings. The summed E-state index contributed by atoms with van der Waals surface area (Å²) in [5.41, 5.74) is 10.00. The van der Waals surface area contributed by atoms with Gasteiger partial charge < -0.3 is 15.4 Å². The second-order valence-corrected chi connectivity index (χ2v) is 5.97. The van der Waals surface area contributed by atoms with Crippen molar-refractivity contribution in [1.29, 1.82) is 0 Å². The number of fused-ring (bicyclic) bond motifs is 1. The van der Waals surface area contributed by atoms with E-state index in [4.69, 9.17) is 10.5 Å². The van der Waals surface area contributed by atoms with Crippen LogP contribution in [0.1, 0.15) is 18.4 Å². The van der Waals surface area contributed by atoms with Gasteiger partial charge in [-0.3, -0.25) is 0 Å². The number of para-hydroxylation sites is 1. The van der Waals surface area contributed by atoms with Crippen molar-refractivity contribution >= 4 is 5.69 Å². The van der Waals surface area contributed by atoms with Gasteiger partial charge in [-0.1, -0.05) is 12.1 Å². The second kappa shape index (κ2) is 5.57. The first-order chi connectivity index (χ1) is 10.8. The number of nitrogens with two attached hydrogens (primary N) is 1. The van der Waals surface area contributed by atoms with Gasteiger partial charge in [-0.05, 0) is 30.5 Å². The Morgan fingerprint density at radius 3 is 2.95 bits per heavy atom. The van der Waals surface area contributed by atoms with Crippen molar-refractivity contribution in [3.8, 4) is 17.0 Å². The zero-order valence-corrected chi connectivity index (χ0v) is 12.5. The highest BCUT2D eigenvalue weighted by atomic mass is 16.5. The molecule has 2 N–H and O–H groups in total. The summed E-state index contributed by atoms with van der Waals surface area (Å²) in [5, 5.41) is 8.52. The number of hydrogen-bond acceptors (Lipinski definition) is 5. The summed E-state index contributed by atoms with van der Waals surface area (Å²) in [6.45, 7) is 2.74. The van der Waals surface area contributed by atoms with E-state index in [0.29, 0.717) is 6.54 Å². The zero-order chi connectivity index (χ0) is 14.9. The molecule has 0 aliphatic carbocycles. The van der Waals surface area contributed by atoms with Crippen LogP contribution in [0.25, 0.3) is 11.3 Å². The number of ether oxygens (including phenoxy) is 1. The SMILES string of the molecule is NCC1Cc2cccc(-c3cc(N4CCCC4)cnn3)c2O1. The molecule has 1 aromatic carbocycles. The first kappa shape index (κ1) is 13.5. The Morgan fingerprint density at radius 1 is 1.27 bits per heavy atom. The summed E-state index contributed by atoms with van der Waals surface area (Å²) in [6.07, 6.45) is 5.30. The van der Waals surface area contributed by atoms with Gasteiger partial charge in [0.25, 0.3) is 0 Å². The van der Waals surface area contributed by atoms with Crippen molar-refractivity contribution in [2.24, 2.45) is 5.73 Å². The standard InChI is InChI=1S/C17H20N4O/c18-10-14-8-12-4-3-5-15(17(12)22-14)16-9-13(11-19-20-16)21-6-1-2-7-21/h3-5,9,11,14H,1-2,6-8,10,18H2. The molecule has 114 valence electrons. The Kier molecular flexibility index (Phi) is 3.42. The minimum absolute atomic E-state index is 0.0749. The van der Waals surface area contributed by atoms with Gasteiger partial charge in [0.2, 0.25) is 0 Å². The fourth-order valence-electron chi connectivity index (χ4n) is 3.31. The van der Waals surface area contributed by atoms with Crippen LogP contribution in [0.5, 0.6) is 5.75 Å². The van der Waals surface area contributed by atoms with Crippen molar-refractivity contribution in [3.63, 3.8) is 0 Å². The number of nitrogens with zero attached hydrogens (tertiary/aromatic N) is 3. The van der Waals surface area contributed by atoms with Crippen LogP contribution in [0.3, 0.4) is 0 Å². The number of hydrogen-bond donors (Lipinski definition) is 1. The quantitative estimate of drug-likeness (QED) is 0.938. The van der Waals surface area contributed by atoms with Crippen LogP contribution in [0.4, 0.5) is 5.69 Å². The van der Waals surface area contributed by atoms with Crippen LogP contribution in [-0.2, 0) is 6.42 Å². The van der Waals surface area contributed by atoms with Crippen molar-refractivity contribution in [1.82, 2.24) is 10.2 Å². The summed E-state index contributed by atoms with van der Waals surface area (Å²) >= 11 is 0. The molecule has 1 fully saturated rings. The van der Waals surface area contributed by atoms with E-state index in [0.717, 1.165) is 42.2 Å². The van der Waals surface area contributed by atoms with Crippen LogP contribution in [0, 0.1) is 0 Å². The Morgan fingerprint density at radius 2 is 2.14 bits per heavy atom. The lowest BCUT2D eigenvalue weighted by Gasteiger charge is -2.17.